The number of ether oxygens (including phenoxy) is 1. The number of likely N-dealkylation sites (tertiary alicyclic amines) is 1. The van der Waals surface area contributed by atoms with E-state index >= 15 is 0 Å². The number of methoxy groups -OCH3 is 1. The minimum atomic E-state index is -0.218. The van der Waals surface area contributed by atoms with Crippen molar-refractivity contribution in [3.8, 4) is 23.1 Å². The molecule has 0 radical (unpaired) electrons. The molecule has 1 amide bonds. The quantitative estimate of drug-likeness (QED) is 0.628. The maximum atomic E-state index is 12.5. The first kappa shape index (κ1) is 16.8. The fourth-order valence-corrected chi connectivity index (χ4v) is 2.89. The Morgan fingerprint density at radius 1 is 1.16 bits per heavy atom. The number of hydrogen-bond acceptors (Lipinski definition) is 4. The van der Waals surface area contributed by atoms with Crippen LogP contribution in [0, 0.1) is 11.3 Å². The summed E-state index contributed by atoms with van der Waals surface area (Å²) in [4.78, 5) is 14.2. The highest BCUT2D eigenvalue weighted by Crippen LogP contribution is 2.25. The second kappa shape index (κ2) is 7.71. The molecule has 0 aliphatic carbocycles. The van der Waals surface area contributed by atoms with Gasteiger partial charge >= 0.3 is 0 Å². The lowest BCUT2D eigenvalue weighted by Crippen LogP contribution is -2.36. The van der Waals surface area contributed by atoms with Crippen LogP contribution < -0.4 is 4.74 Å². The topological polar surface area (TPSA) is 66.5 Å². The highest BCUT2D eigenvalue weighted by Gasteiger charge is 2.20. The largest absolute Gasteiger partial charge is 0.497 e. The van der Waals surface area contributed by atoms with E-state index < -0.39 is 0 Å². The van der Waals surface area contributed by atoms with E-state index in [1.165, 1.54) is 6.08 Å². The second-order valence-electron chi connectivity index (χ2n) is 5.95. The van der Waals surface area contributed by atoms with Gasteiger partial charge in [0, 0.05) is 24.7 Å². The van der Waals surface area contributed by atoms with E-state index in [4.69, 9.17) is 9.15 Å². The van der Waals surface area contributed by atoms with E-state index in [2.05, 4.69) is 0 Å². The van der Waals surface area contributed by atoms with Crippen LogP contribution in [0.2, 0.25) is 0 Å². The number of rotatable bonds is 4. The van der Waals surface area contributed by atoms with Crippen LogP contribution in [-0.2, 0) is 4.79 Å². The SMILES string of the molecule is COc1ccc(-c2ccc(/C=C(/C#N)C(=O)N3CCCCC3)o2)cc1. The average molecular weight is 336 g/mol. The molecule has 0 atom stereocenters. The Morgan fingerprint density at radius 3 is 2.52 bits per heavy atom. The predicted octanol–water partition coefficient (Wildman–Crippen LogP) is 3.87. The van der Waals surface area contributed by atoms with Gasteiger partial charge in [0.25, 0.3) is 5.91 Å². The summed E-state index contributed by atoms with van der Waals surface area (Å²) in [5.74, 6) is 1.73. The third-order valence-electron chi connectivity index (χ3n) is 4.28. The molecule has 3 rings (SSSR count). The first-order valence-corrected chi connectivity index (χ1v) is 8.36. The number of furan rings is 1. The summed E-state index contributed by atoms with van der Waals surface area (Å²) < 4.78 is 10.9. The summed E-state index contributed by atoms with van der Waals surface area (Å²) in [5.41, 5.74) is 1.01. The molecule has 1 fully saturated rings. The Hall–Kier alpha value is -3.00. The monoisotopic (exact) mass is 336 g/mol. The Labute approximate surface area is 147 Å². The van der Waals surface area contributed by atoms with Gasteiger partial charge in [0.15, 0.2) is 0 Å². The summed E-state index contributed by atoms with van der Waals surface area (Å²) >= 11 is 0. The standard InChI is InChI=1S/C20H20N2O3/c1-24-17-7-5-15(6-8-17)19-10-9-18(25-19)13-16(14-21)20(23)22-11-3-2-4-12-22/h5-10,13H,2-4,11-12H2,1H3/b16-13-. The van der Waals surface area contributed by atoms with Crippen LogP contribution in [0.3, 0.4) is 0 Å². The van der Waals surface area contributed by atoms with Crippen LogP contribution >= 0.6 is 0 Å². The van der Waals surface area contributed by atoms with E-state index in [0.29, 0.717) is 24.6 Å². The first-order valence-electron chi connectivity index (χ1n) is 8.36. The summed E-state index contributed by atoms with van der Waals surface area (Å²) in [7, 11) is 1.62. The van der Waals surface area contributed by atoms with Crippen molar-refractivity contribution in [1.29, 1.82) is 5.26 Å². The third-order valence-corrected chi connectivity index (χ3v) is 4.28. The van der Waals surface area contributed by atoms with Gasteiger partial charge in [0.1, 0.15) is 28.9 Å². The zero-order valence-electron chi connectivity index (χ0n) is 14.2. The smallest absolute Gasteiger partial charge is 0.264 e. The number of amides is 1. The minimum absolute atomic E-state index is 0.109. The summed E-state index contributed by atoms with van der Waals surface area (Å²) in [5, 5.41) is 9.35. The molecule has 1 aliphatic heterocycles. The van der Waals surface area contributed by atoms with E-state index in [0.717, 1.165) is 30.6 Å². The molecule has 5 heteroatoms. The lowest BCUT2D eigenvalue weighted by molar-refractivity contribution is -0.127. The lowest BCUT2D eigenvalue weighted by Gasteiger charge is -2.26. The van der Waals surface area contributed by atoms with Gasteiger partial charge in [-0.2, -0.15) is 5.26 Å². The van der Waals surface area contributed by atoms with E-state index in [9.17, 15) is 10.1 Å². The molecule has 1 aromatic carbocycles. The van der Waals surface area contributed by atoms with E-state index in [1.807, 2.05) is 36.4 Å². The summed E-state index contributed by atoms with van der Waals surface area (Å²) in [6, 6.07) is 13.1. The number of hydrogen-bond donors (Lipinski definition) is 0. The molecule has 0 saturated carbocycles. The van der Waals surface area contributed by atoms with Gasteiger partial charge in [-0.05, 0) is 55.7 Å². The molecule has 0 unspecified atom stereocenters. The van der Waals surface area contributed by atoms with Gasteiger partial charge in [-0.1, -0.05) is 0 Å². The van der Waals surface area contributed by atoms with Crippen molar-refractivity contribution in [3.05, 3.63) is 47.7 Å². The Balaban J connectivity index is 1.78. The fourth-order valence-electron chi connectivity index (χ4n) is 2.89. The highest BCUT2D eigenvalue weighted by molar-refractivity contribution is 6.01. The zero-order valence-corrected chi connectivity index (χ0v) is 14.2. The van der Waals surface area contributed by atoms with E-state index in [1.54, 1.807) is 18.1 Å². The Kier molecular flexibility index (Phi) is 5.20. The molecule has 0 N–H and O–H groups in total. The molecule has 25 heavy (non-hydrogen) atoms. The average Bonchev–Trinajstić information content (AvgIpc) is 3.15. The van der Waals surface area contributed by atoms with Crippen molar-refractivity contribution in [1.82, 2.24) is 4.90 Å². The van der Waals surface area contributed by atoms with Crippen molar-refractivity contribution < 1.29 is 13.9 Å². The van der Waals surface area contributed by atoms with Crippen molar-refractivity contribution >= 4 is 12.0 Å². The lowest BCUT2D eigenvalue weighted by atomic mass is 10.1. The first-order chi connectivity index (χ1) is 12.2. The third kappa shape index (κ3) is 3.92. The van der Waals surface area contributed by atoms with Crippen LogP contribution in [0.15, 0.2) is 46.4 Å². The van der Waals surface area contributed by atoms with Crippen molar-refractivity contribution in [3.63, 3.8) is 0 Å². The van der Waals surface area contributed by atoms with Crippen LogP contribution in [0.5, 0.6) is 5.75 Å². The molecular formula is C20H20N2O3. The van der Waals surface area contributed by atoms with Crippen molar-refractivity contribution in [2.24, 2.45) is 0 Å². The van der Waals surface area contributed by atoms with Crippen LogP contribution in [0.25, 0.3) is 17.4 Å². The predicted molar refractivity (Wildman–Crippen MR) is 94.7 cm³/mol. The molecule has 1 saturated heterocycles. The van der Waals surface area contributed by atoms with Crippen molar-refractivity contribution in [2.75, 3.05) is 20.2 Å². The van der Waals surface area contributed by atoms with Crippen LogP contribution in [0.4, 0.5) is 0 Å². The number of benzene rings is 1. The van der Waals surface area contributed by atoms with Gasteiger partial charge in [0.05, 0.1) is 7.11 Å². The molecule has 128 valence electrons. The van der Waals surface area contributed by atoms with Gasteiger partial charge in [-0.25, -0.2) is 0 Å². The van der Waals surface area contributed by atoms with E-state index in [-0.39, 0.29) is 11.5 Å². The Morgan fingerprint density at radius 2 is 1.88 bits per heavy atom. The van der Waals surface area contributed by atoms with Gasteiger partial charge in [0.2, 0.25) is 0 Å². The van der Waals surface area contributed by atoms with Gasteiger partial charge in [-0.15, -0.1) is 0 Å². The number of carbonyl (C=O) groups is 1. The maximum absolute atomic E-state index is 12.5. The second-order valence-corrected chi connectivity index (χ2v) is 5.95. The molecular weight excluding hydrogens is 316 g/mol. The normalized spacial score (nSPS) is 14.9. The maximum Gasteiger partial charge on any atom is 0.264 e. The van der Waals surface area contributed by atoms with Crippen LogP contribution in [0.1, 0.15) is 25.0 Å². The molecule has 2 aromatic rings. The van der Waals surface area contributed by atoms with Gasteiger partial charge < -0.3 is 14.1 Å². The highest BCUT2D eigenvalue weighted by atomic mass is 16.5. The number of nitrogens with zero attached hydrogens (tertiary/aromatic N) is 2. The minimum Gasteiger partial charge on any atom is -0.497 e. The molecule has 0 bridgehead atoms. The summed E-state index contributed by atoms with van der Waals surface area (Å²) in [6.07, 6.45) is 4.64. The summed E-state index contributed by atoms with van der Waals surface area (Å²) in [6.45, 7) is 1.43. The number of piperidine rings is 1. The molecule has 0 spiro atoms. The molecule has 1 aromatic heterocycles. The van der Waals surface area contributed by atoms with Gasteiger partial charge in [-0.3, -0.25) is 4.79 Å². The Bertz CT molecular complexity index is 806. The van der Waals surface area contributed by atoms with Crippen LogP contribution in [-0.4, -0.2) is 31.0 Å². The molecule has 1 aliphatic rings. The molecule has 5 nitrogen and oxygen atoms in total. The fraction of sp³-hybridized carbons (Fsp3) is 0.300. The zero-order chi connectivity index (χ0) is 17.6. The van der Waals surface area contributed by atoms with Crippen molar-refractivity contribution in [2.45, 2.75) is 19.3 Å². The number of carbonyl (C=O) groups excluding carboxylic acids is 1. The number of nitriles is 1. The molecule has 2 heterocycles.